The van der Waals surface area contributed by atoms with Crippen LogP contribution in [0.1, 0.15) is 11.3 Å². The van der Waals surface area contributed by atoms with Gasteiger partial charge in [0.2, 0.25) is 0 Å². The highest BCUT2D eigenvalue weighted by molar-refractivity contribution is 14.1. The molecule has 198 valence electrons. The Morgan fingerprint density at radius 2 is 1.89 bits per heavy atom. The van der Waals surface area contributed by atoms with Crippen LogP contribution in [0, 0.1) is 3.57 Å². The molecule has 4 heterocycles. The Balaban J connectivity index is 1.37. The van der Waals surface area contributed by atoms with Crippen molar-refractivity contribution in [2.75, 3.05) is 42.7 Å². The molecule has 4 aromatic rings. The Morgan fingerprint density at radius 1 is 1.11 bits per heavy atom. The summed E-state index contributed by atoms with van der Waals surface area (Å²) in [6.07, 6.45) is -2.13. The van der Waals surface area contributed by atoms with E-state index in [0.717, 1.165) is 48.2 Å². The third-order valence-corrected chi connectivity index (χ3v) is 6.90. The number of fused-ring (bicyclic) bond motifs is 1. The van der Waals surface area contributed by atoms with Crippen molar-refractivity contribution in [3.8, 4) is 11.1 Å². The minimum absolute atomic E-state index is 0.215. The molecule has 14 heteroatoms. The van der Waals surface area contributed by atoms with Crippen molar-refractivity contribution in [3.63, 3.8) is 0 Å². The van der Waals surface area contributed by atoms with Crippen LogP contribution in [-0.4, -0.2) is 56.8 Å². The van der Waals surface area contributed by atoms with Crippen LogP contribution in [-0.2, 0) is 17.5 Å². The fourth-order valence-corrected chi connectivity index (χ4v) is 4.83. The summed E-state index contributed by atoms with van der Waals surface area (Å²) in [5.74, 6) is 0.126. The number of nitrogens with one attached hydrogen (secondary N) is 2. The van der Waals surface area contributed by atoms with Gasteiger partial charge in [-0.1, -0.05) is 6.07 Å². The third-order valence-electron chi connectivity index (χ3n) is 6.00. The quantitative estimate of drug-likeness (QED) is 0.276. The molecule has 1 aromatic carbocycles. The maximum Gasteiger partial charge on any atom is 0.416 e. The van der Waals surface area contributed by atoms with E-state index in [1.165, 1.54) is 6.33 Å². The summed E-state index contributed by atoms with van der Waals surface area (Å²) in [6.45, 7) is 3.66. The van der Waals surface area contributed by atoms with Crippen molar-refractivity contribution in [1.29, 1.82) is 0 Å². The Kier molecular flexibility index (Phi) is 7.36. The highest BCUT2D eigenvalue weighted by atomic mass is 127. The third kappa shape index (κ3) is 5.66. The lowest BCUT2D eigenvalue weighted by Gasteiger charge is -2.26. The number of anilines is 3. The van der Waals surface area contributed by atoms with Crippen LogP contribution in [0.4, 0.5) is 35.3 Å². The molecule has 1 aliphatic rings. The molecule has 1 aliphatic heterocycles. The highest BCUT2D eigenvalue weighted by Gasteiger charge is 2.31. The number of rotatable bonds is 5. The molecule has 5 rings (SSSR count). The fourth-order valence-electron chi connectivity index (χ4n) is 4.18. The molecule has 0 unspecified atom stereocenters. The fraction of sp³-hybridized carbons (Fsp3) is 0.250. The van der Waals surface area contributed by atoms with Crippen molar-refractivity contribution >= 4 is 51.5 Å². The van der Waals surface area contributed by atoms with Crippen LogP contribution in [0.2, 0.25) is 0 Å². The van der Waals surface area contributed by atoms with Gasteiger partial charge < -0.3 is 15.8 Å². The van der Waals surface area contributed by atoms with Gasteiger partial charge in [-0.25, -0.2) is 19.3 Å². The number of pyridine rings is 1. The minimum atomic E-state index is -4.54. The minimum Gasteiger partial charge on any atom is -0.382 e. The SMILES string of the molecule is Nc1ncnn2c(CN3CCOCC3)cc(-c3ccc(NC(=O)Nc4cc(C(F)(F)F)ccn4)c(I)c3)c12. The number of nitrogen functional groups attached to an aromatic ring is 1. The van der Waals surface area contributed by atoms with Crippen LogP contribution in [0.5, 0.6) is 0 Å². The zero-order valence-corrected chi connectivity index (χ0v) is 22.0. The first-order chi connectivity index (χ1) is 18.2. The van der Waals surface area contributed by atoms with Gasteiger partial charge in [0.15, 0.2) is 5.82 Å². The van der Waals surface area contributed by atoms with Crippen molar-refractivity contribution in [3.05, 3.63) is 63.7 Å². The lowest BCUT2D eigenvalue weighted by Crippen LogP contribution is -2.36. The first-order valence-corrected chi connectivity index (χ1v) is 12.6. The number of nitrogens with zero attached hydrogens (tertiary/aromatic N) is 5. The first kappa shape index (κ1) is 26.1. The molecule has 0 aliphatic carbocycles. The number of carbonyl (C=O) groups is 1. The lowest BCUT2D eigenvalue weighted by molar-refractivity contribution is -0.137. The molecule has 10 nitrogen and oxygen atoms in total. The van der Waals surface area contributed by atoms with Crippen LogP contribution < -0.4 is 16.4 Å². The number of morpholine rings is 1. The number of alkyl halides is 3. The standard InChI is InChI=1S/C24H22F3IN8O2/c25-24(26,27)15-3-4-30-20(10-15)34-23(37)33-19-2-1-14(9-18(19)28)17-11-16(12-35-5-7-38-8-6-35)36-21(17)22(29)31-13-32-36/h1-4,9-11,13H,5-8,12H2,(H2,29,31,32)(H2,30,33,34,37). The largest absolute Gasteiger partial charge is 0.416 e. The molecule has 0 radical (unpaired) electrons. The maximum absolute atomic E-state index is 12.9. The first-order valence-electron chi connectivity index (χ1n) is 11.5. The predicted octanol–water partition coefficient (Wildman–Crippen LogP) is 4.47. The van der Waals surface area contributed by atoms with Gasteiger partial charge in [-0.05, 0) is 58.5 Å². The van der Waals surface area contributed by atoms with Crippen molar-refractivity contribution in [2.45, 2.75) is 12.7 Å². The summed E-state index contributed by atoms with van der Waals surface area (Å²) >= 11 is 2.08. The molecular formula is C24H22F3IN8O2. The van der Waals surface area contributed by atoms with E-state index < -0.39 is 17.8 Å². The van der Waals surface area contributed by atoms with Gasteiger partial charge in [-0.3, -0.25) is 10.2 Å². The van der Waals surface area contributed by atoms with E-state index in [1.54, 1.807) is 10.6 Å². The van der Waals surface area contributed by atoms with E-state index in [2.05, 4.69) is 53.2 Å². The number of aromatic nitrogens is 4. The van der Waals surface area contributed by atoms with E-state index in [1.807, 2.05) is 18.2 Å². The summed E-state index contributed by atoms with van der Waals surface area (Å²) in [5, 5.41) is 9.41. The van der Waals surface area contributed by atoms with Crippen LogP contribution in [0.25, 0.3) is 16.6 Å². The maximum atomic E-state index is 12.9. The number of hydrogen-bond acceptors (Lipinski definition) is 7. The number of benzene rings is 1. The van der Waals surface area contributed by atoms with Crippen LogP contribution in [0.3, 0.4) is 0 Å². The number of urea groups is 1. The summed E-state index contributed by atoms with van der Waals surface area (Å²) in [5.41, 5.74) is 9.12. The van der Waals surface area contributed by atoms with Crippen molar-refractivity contribution in [1.82, 2.24) is 24.5 Å². The van der Waals surface area contributed by atoms with Gasteiger partial charge in [0, 0.05) is 35.0 Å². The monoisotopic (exact) mass is 638 g/mol. The molecular weight excluding hydrogens is 616 g/mol. The Bertz CT molecular complexity index is 1490. The molecule has 1 saturated heterocycles. The number of carbonyl (C=O) groups excluding carboxylic acids is 1. The summed E-state index contributed by atoms with van der Waals surface area (Å²) in [7, 11) is 0. The molecule has 1 fully saturated rings. The molecule has 38 heavy (non-hydrogen) atoms. The van der Waals surface area contributed by atoms with Gasteiger partial charge >= 0.3 is 12.2 Å². The smallest absolute Gasteiger partial charge is 0.382 e. The summed E-state index contributed by atoms with van der Waals surface area (Å²) in [6, 6.07) is 8.32. The lowest BCUT2D eigenvalue weighted by atomic mass is 10.1. The molecule has 0 atom stereocenters. The second-order valence-corrected chi connectivity index (χ2v) is 9.71. The number of halogens is 4. The second kappa shape index (κ2) is 10.7. The van der Waals surface area contributed by atoms with Crippen LogP contribution >= 0.6 is 22.6 Å². The van der Waals surface area contributed by atoms with Gasteiger partial charge in [-0.2, -0.15) is 18.3 Å². The molecule has 2 amide bonds. The van der Waals surface area contributed by atoms with Crippen molar-refractivity contribution < 1.29 is 22.7 Å². The topological polar surface area (TPSA) is 123 Å². The molecule has 3 aromatic heterocycles. The second-order valence-electron chi connectivity index (χ2n) is 8.54. The zero-order chi connectivity index (χ0) is 26.9. The van der Waals surface area contributed by atoms with Gasteiger partial charge in [0.1, 0.15) is 17.7 Å². The number of ether oxygens (including phenoxy) is 1. The molecule has 0 spiro atoms. The van der Waals surface area contributed by atoms with Gasteiger partial charge in [-0.15, -0.1) is 0 Å². The Labute approximate surface area is 228 Å². The van der Waals surface area contributed by atoms with Crippen molar-refractivity contribution in [2.24, 2.45) is 0 Å². The summed E-state index contributed by atoms with van der Waals surface area (Å²) < 4.78 is 46.8. The average Bonchev–Trinajstić information content (AvgIpc) is 3.25. The summed E-state index contributed by atoms with van der Waals surface area (Å²) in [4.78, 5) is 22.7. The number of nitrogens with two attached hydrogens (primary N) is 1. The van der Waals surface area contributed by atoms with E-state index in [4.69, 9.17) is 10.5 Å². The molecule has 0 bridgehead atoms. The number of hydrogen-bond donors (Lipinski definition) is 3. The average molecular weight is 638 g/mol. The van der Waals surface area contributed by atoms with Gasteiger partial charge in [0.05, 0.1) is 30.2 Å². The van der Waals surface area contributed by atoms with E-state index in [0.29, 0.717) is 40.4 Å². The van der Waals surface area contributed by atoms with Crippen LogP contribution in [0.15, 0.2) is 48.9 Å². The number of amides is 2. The highest BCUT2D eigenvalue weighted by Crippen LogP contribution is 2.34. The predicted molar refractivity (Wildman–Crippen MR) is 144 cm³/mol. The molecule has 4 N–H and O–H groups in total. The van der Waals surface area contributed by atoms with E-state index in [-0.39, 0.29) is 5.82 Å². The zero-order valence-electron chi connectivity index (χ0n) is 19.8. The molecule has 0 saturated carbocycles. The van der Waals surface area contributed by atoms with Gasteiger partial charge in [0.25, 0.3) is 0 Å². The van der Waals surface area contributed by atoms with E-state index in [9.17, 15) is 18.0 Å². The Morgan fingerprint density at radius 3 is 2.63 bits per heavy atom. The normalized spacial score (nSPS) is 14.5. The Hall–Kier alpha value is -3.50. The van der Waals surface area contributed by atoms with E-state index >= 15 is 0 Å².